The van der Waals surface area contributed by atoms with Crippen molar-refractivity contribution in [2.45, 2.75) is 26.4 Å². The van der Waals surface area contributed by atoms with Crippen molar-refractivity contribution in [3.8, 4) is 0 Å². The minimum atomic E-state index is -4.60. The van der Waals surface area contributed by atoms with Crippen LogP contribution in [-0.2, 0) is 12.6 Å². The molecule has 0 aliphatic rings. The molecule has 4 nitrogen and oxygen atoms in total. The van der Waals surface area contributed by atoms with E-state index in [0.717, 1.165) is 12.1 Å². The third-order valence-electron chi connectivity index (χ3n) is 3.04. The number of alkyl halides is 3. The normalized spacial score (nSPS) is 11.5. The summed E-state index contributed by atoms with van der Waals surface area (Å²) in [5.41, 5.74) is -0.192. The second-order valence-electron chi connectivity index (χ2n) is 4.43. The highest BCUT2D eigenvalue weighted by molar-refractivity contribution is 6.05. The van der Waals surface area contributed by atoms with E-state index in [1.807, 2.05) is 6.92 Å². The van der Waals surface area contributed by atoms with Crippen LogP contribution in [-0.4, -0.2) is 11.1 Å². The van der Waals surface area contributed by atoms with Crippen LogP contribution in [0.25, 0.3) is 0 Å². The Labute approximate surface area is 118 Å². The topological polar surface area (TPSA) is 55.1 Å². The summed E-state index contributed by atoms with van der Waals surface area (Å²) in [5.74, 6) is -0.800. The predicted molar refractivity (Wildman–Crippen MR) is 70.0 cm³/mol. The van der Waals surface area contributed by atoms with E-state index in [9.17, 15) is 18.0 Å². The van der Waals surface area contributed by atoms with E-state index < -0.39 is 23.2 Å². The summed E-state index contributed by atoms with van der Waals surface area (Å²) < 4.78 is 43.6. The highest BCUT2D eigenvalue weighted by Crippen LogP contribution is 2.32. The number of nitrogens with one attached hydrogen (secondary N) is 1. The van der Waals surface area contributed by atoms with Crippen LogP contribution in [0.15, 0.2) is 28.8 Å². The number of anilines is 1. The summed E-state index contributed by atoms with van der Waals surface area (Å²) in [5, 5.41) is 6.04. The molecule has 0 saturated heterocycles. The van der Waals surface area contributed by atoms with Gasteiger partial charge in [0.1, 0.15) is 0 Å². The van der Waals surface area contributed by atoms with Gasteiger partial charge in [0.05, 0.1) is 16.8 Å². The Morgan fingerprint density at radius 1 is 1.33 bits per heavy atom. The molecular weight excluding hydrogens is 285 g/mol. The van der Waals surface area contributed by atoms with E-state index in [-0.39, 0.29) is 5.88 Å². The van der Waals surface area contributed by atoms with Gasteiger partial charge in [-0.3, -0.25) is 10.1 Å². The Morgan fingerprint density at radius 2 is 2.00 bits per heavy atom. The van der Waals surface area contributed by atoms with E-state index in [1.54, 1.807) is 6.92 Å². The Kier molecular flexibility index (Phi) is 4.02. The summed E-state index contributed by atoms with van der Waals surface area (Å²) in [6.45, 7) is 3.53. The van der Waals surface area contributed by atoms with Crippen molar-refractivity contribution in [1.29, 1.82) is 0 Å². The zero-order valence-corrected chi connectivity index (χ0v) is 11.4. The number of nitrogens with zero attached hydrogens (tertiary/aromatic N) is 1. The second kappa shape index (κ2) is 5.59. The van der Waals surface area contributed by atoms with Crippen molar-refractivity contribution in [3.05, 3.63) is 46.6 Å². The van der Waals surface area contributed by atoms with Crippen LogP contribution < -0.4 is 5.32 Å². The number of hydrogen-bond acceptors (Lipinski definition) is 3. The number of carbonyl (C=O) groups is 1. The summed E-state index contributed by atoms with van der Waals surface area (Å²) in [7, 11) is 0. The van der Waals surface area contributed by atoms with Crippen molar-refractivity contribution < 1.29 is 22.5 Å². The molecule has 0 bridgehead atoms. The molecule has 1 aromatic carbocycles. The monoisotopic (exact) mass is 298 g/mol. The quantitative estimate of drug-likeness (QED) is 0.937. The summed E-state index contributed by atoms with van der Waals surface area (Å²) in [6.07, 6.45) is -4.05. The molecule has 112 valence electrons. The smallest absolute Gasteiger partial charge is 0.338 e. The highest BCUT2D eigenvalue weighted by Gasteiger charge is 2.35. The van der Waals surface area contributed by atoms with Crippen LogP contribution in [0.3, 0.4) is 0 Å². The number of hydrogen-bond donors (Lipinski definition) is 1. The maximum absolute atomic E-state index is 12.9. The molecule has 0 radical (unpaired) electrons. The fourth-order valence-electron chi connectivity index (χ4n) is 2.00. The van der Waals surface area contributed by atoms with E-state index in [2.05, 4.69) is 10.5 Å². The molecule has 0 atom stereocenters. The lowest BCUT2D eigenvalue weighted by molar-refractivity contribution is -0.137. The van der Waals surface area contributed by atoms with Gasteiger partial charge in [-0.15, -0.1) is 0 Å². The number of halogens is 3. The maximum atomic E-state index is 12.9. The van der Waals surface area contributed by atoms with Gasteiger partial charge in [0.25, 0.3) is 5.91 Å². The Morgan fingerprint density at radius 3 is 2.62 bits per heavy atom. The number of aryl methyl sites for hydroxylation is 1. The van der Waals surface area contributed by atoms with Crippen LogP contribution in [0.2, 0.25) is 0 Å². The van der Waals surface area contributed by atoms with Crippen molar-refractivity contribution in [2.75, 3.05) is 5.32 Å². The molecule has 1 aromatic heterocycles. The van der Waals surface area contributed by atoms with Crippen molar-refractivity contribution in [3.63, 3.8) is 0 Å². The van der Waals surface area contributed by atoms with Gasteiger partial charge < -0.3 is 4.52 Å². The molecule has 0 aliphatic heterocycles. The first-order valence-electron chi connectivity index (χ1n) is 6.27. The molecule has 7 heteroatoms. The van der Waals surface area contributed by atoms with Gasteiger partial charge in [-0.2, -0.15) is 13.2 Å². The van der Waals surface area contributed by atoms with Gasteiger partial charge in [0.2, 0.25) is 5.88 Å². The van der Waals surface area contributed by atoms with Crippen molar-refractivity contribution in [1.82, 2.24) is 5.16 Å². The predicted octanol–water partition coefficient (Wildman–Crippen LogP) is 3.82. The van der Waals surface area contributed by atoms with Gasteiger partial charge in [0.15, 0.2) is 0 Å². The zero-order chi connectivity index (χ0) is 15.6. The molecule has 1 N–H and O–H groups in total. The van der Waals surface area contributed by atoms with Crippen molar-refractivity contribution >= 4 is 11.8 Å². The molecule has 2 rings (SSSR count). The maximum Gasteiger partial charge on any atom is 0.417 e. The Hall–Kier alpha value is -2.31. The first-order chi connectivity index (χ1) is 9.84. The van der Waals surface area contributed by atoms with Gasteiger partial charge in [-0.05, 0) is 25.5 Å². The standard InChI is InChI=1S/C14H13F3N2O2/c1-3-9-8(2)19-21-13(9)18-12(20)10-6-4-5-7-11(10)14(15,16)17/h4-7H,3H2,1-2H3,(H,18,20). The Balaban J connectivity index is 2.33. The molecule has 2 aromatic rings. The molecule has 0 spiro atoms. The lowest BCUT2D eigenvalue weighted by Gasteiger charge is -2.11. The lowest BCUT2D eigenvalue weighted by atomic mass is 10.1. The molecule has 1 amide bonds. The number of benzene rings is 1. The van der Waals surface area contributed by atoms with Crippen LogP contribution in [0.1, 0.15) is 34.1 Å². The van der Waals surface area contributed by atoms with Crippen LogP contribution >= 0.6 is 0 Å². The Bertz CT molecular complexity index is 662. The first kappa shape index (κ1) is 15.1. The van der Waals surface area contributed by atoms with Crippen LogP contribution in [0, 0.1) is 6.92 Å². The lowest BCUT2D eigenvalue weighted by Crippen LogP contribution is -2.18. The van der Waals surface area contributed by atoms with Gasteiger partial charge in [-0.25, -0.2) is 0 Å². The molecule has 1 heterocycles. The van der Waals surface area contributed by atoms with Crippen LogP contribution in [0.5, 0.6) is 0 Å². The van der Waals surface area contributed by atoms with Gasteiger partial charge >= 0.3 is 6.18 Å². The molecule has 21 heavy (non-hydrogen) atoms. The number of rotatable bonds is 3. The summed E-state index contributed by atoms with van der Waals surface area (Å²) in [4.78, 5) is 12.1. The van der Waals surface area contributed by atoms with Gasteiger partial charge in [-0.1, -0.05) is 24.2 Å². The molecule has 0 unspecified atom stereocenters. The van der Waals surface area contributed by atoms with Crippen molar-refractivity contribution in [2.24, 2.45) is 0 Å². The third-order valence-corrected chi connectivity index (χ3v) is 3.04. The third kappa shape index (κ3) is 3.07. The average molecular weight is 298 g/mol. The molecule has 0 fully saturated rings. The average Bonchev–Trinajstić information content (AvgIpc) is 2.78. The van der Waals surface area contributed by atoms with E-state index in [0.29, 0.717) is 17.7 Å². The summed E-state index contributed by atoms with van der Waals surface area (Å²) >= 11 is 0. The van der Waals surface area contributed by atoms with Crippen LogP contribution in [0.4, 0.5) is 19.1 Å². The van der Waals surface area contributed by atoms with E-state index in [4.69, 9.17) is 4.52 Å². The minimum Gasteiger partial charge on any atom is -0.338 e. The largest absolute Gasteiger partial charge is 0.417 e. The minimum absolute atomic E-state index is 0.0805. The van der Waals surface area contributed by atoms with E-state index in [1.165, 1.54) is 12.1 Å². The zero-order valence-electron chi connectivity index (χ0n) is 11.4. The molecule has 0 aliphatic carbocycles. The SMILES string of the molecule is CCc1c(C)noc1NC(=O)c1ccccc1C(F)(F)F. The summed E-state index contributed by atoms with van der Waals surface area (Å²) in [6, 6.07) is 4.58. The number of amides is 1. The fraction of sp³-hybridized carbons (Fsp3) is 0.286. The molecular formula is C14H13F3N2O2. The van der Waals surface area contributed by atoms with E-state index >= 15 is 0 Å². The van der Waals surface area contributed by atoms with Gasteiger partial charge in [0, 0.05) is 5.56 Å². The highest BCUT2D eigenvalue weighted by atomic mass is 19.4. The number of carbonyl (C=O) groups excluding carboxylic acids is 1. The fourth-order valence-corrected chi connectivity index (χ4v) is 2.00. The second-order valence-corrected chi connectivity index (χ2v) is 4.43. The first-order valence-corrected chi connectivity index (χ1v) is 6.27. The number of aromatic nitrogens is 1. The molecule has 0 saturated carbocycles.